The number of nitrogens with two attached hydrogens (primary N) is 1. The summed E-state index contributed by atoms with van der Waals surface area (Å²) in [6.45, 7) is 0. The quantitative estimate of drug-likeness (QED) is 0.761. The molecular formula is C11H19N3. The predicted octanol–water partition coefficient (Wildman–Crippen LogP) is 1.35. The molecule has 0 saturated heterocycles. The van der Waals surface area contributed by atoms with Crippen LogP contribution >= 0.6 is 0 Å². The van der Waals surface area contributed by atoms with Crippen LogP contribution in [0.1, 0.15) is 24.6 Å². The highest BCUT2D eigenvalue weighted by molar-refractivity contribution is 5.12. The van der Waals surface area contributed by atoms with Crippen molar-refractivity contribution >= 4 is 0 Å². The fourth-order valence-electron chi connectivity index (χ4n) is 2.45. The van der Waals surface area contributed by atoms with Crippen molar-refractivity contribution in [3.8, 4) is 0 Å². The van der Waals surface area contributed by atoms with Crippen molar-refractivity contribution in [2.24, 2.45) is 11.7 Å². The van der Waals surface area contributed by atoms with Gasteiger partial charge in [0.2, 0.25) is 0 Å². The molecular weight excluding hydrogens is 174 g/mol. The van der Waals surface area contributed by atoms with Crippen LogP contribution in [0.4, 0.5) is 0 Å². The zero-order valence-electron chi connectivity index (χ0n) is 8.90. The Morgan fingerprint density at radius 2 is 2.21 bits per heavy atom. The largest absolute Gasteiger partial charge is 0.364 e. The maximum absolute atomic E-state index is 5.83. The van der Waals surface area contributed by atoms with E-state index in [0.29, 0.717) is 12.1 Å². The third-order valence-corrected chi connectivity index (χ3v) is 3.15. The Balaban J connectivity index is 2.09. The number of aromatic nitrogens is 1. The summed E-state index contributed by atoms with van der Waals surface area (Å²) >= 11 is 0. The molecule has 1 aromatic rings. The highest BCUT2D eigenvalue weighted by Crippen LogP contribution is 2.39. The summed E-state index contributed by atoms with van der Waals surface area (Å²) < 4.78 is 0. The van der Waals surface area contributed by atoms with E-state index in [1.54, 1.807) is 0 Å². The molecule has 1 fully saturated rings. The summed E-state index contributed by atoms with van der Waals surface area (Å²) in [7, 11) is 4.27. The Morgan fingerprint density at radius 1 is 1.50 bits per heavy atom. The minimum absolute atomic E-state index is 0.428. The molecule has 0 bridgehead atoms. The topological polar surface area (TPSA) is 45.0 Å². The second-order valence-electron chi connectivity index (χ2n) is 4.53. The average molecular weight is 193 g/mol. The summed E-state index contributed by atoms with van der Waals surface area (Å²) in [5.41, 5.74) is 7.14. The monoisotopic (exact) mass is 193 g/mol. The summed E-state index contributed by atoms with van der Waals surface area (Å²) in [4.78, 5) is 5.58. The van der Waals surface area contributed by atoms with Gasteiger partial charge >= 0.3 is 0 Å². The first kappa shape index (κ1) is 9.74. The average Bonchev–Trinajstić information content (AvgIpc) is 2.54. The molecule has 1 atom stereocenters. The number of H-pyrrole nitrogens is 1. The molecule has 1 aromatic heterocycles. The molecule has 1 unspecified atom stereocenters. The molecule has 14 heavy (non-hydrogen) atoms. The standard InChI is InChI=1S/C11H19N3/c1-14(2)11(8-6-9(12)7-8)10-4-3-5-13-10/h3-5,8-9,11,13H,6-7,12H2,1-2H3. The van der Waals surface area contributed by atoms with Crippen LogP contribution in [0.2, 0.25) is 0 Å². The molecule has 3 N–H and O–H groups in total. The van der Waals surface area contributed by atoms with Crippen molar-refractivity contribution in [2.45, 2.75) is 24.9 Å². The normalized spacial score (nSPS) is 28.9. The number of aromatic amines is 1. The molecule has 0 aromatic carbocycles. The van der Waals surface area contributed by atoms with E-state index in [9.17, 15) is 0 Å². The lowest BCUT2D eigenvalue weighted by Crippen LogP contribution is -2.43. The first-order chi connectivity index (χ1) is 6.68. The molecule has 0 aliphatic heterocycles. The van der Waals surface area contributed by atoms with Crippen LogP contribution in [0.15, 0.2) is 18.3 Å². The summed E-state index contributed by atoms with van der Waals surface area (Å²) in [6.07, 6.45) is 4.30. The van der Waals surface area contributed by atoms with Gasteiger partial charge in [-0.25, -0.2) is 0 Å². The van der Waals surface area contributed by atoms with E-state index < -0.39 is 0 Å². The van der Waals surface area contributed by atoms with Gasteiger partial charge in [0.25, 0.3) is 0 Å². The van der Waals surface area contributed by atoms with Crippen LogP contribution in [0.25, 0.3) is 0 Å². The lowest BCUT2D eigenvalue weighted by molar-refractivity contribution is 0.120. The van der Waals surface area contributed by atoms with E-state index in [1.807, 2.05) is 6.20 Å². The Hall–Kier alpha value is -0.800. The smallest absolute Gasteiger partial charge is 0.0522 e. The molecule has 0 radical (unpaired) electrons. The van der Waals surface area contributed by atoms with Crippen LogP contribution in [-0.2, 0) is 0 Å². The fraction of sp³-hybridized carbons (Fsp3) is 0.636. The van der Waals surface area contributed by atoms with Gasteiger partial charge in [0.15, 0.2) is 0 Å². The van der Waals surface area contributed by atoms with E-state index in [-0.39, 0.29) is 0 Å². The molecule has 1 saturated carbocycles. The second-order valence-corrected chi connectivity index (χ2v) is 4.53. The Bertz CT molecular complexity index is 273. The van der Waals surface area contributed by atoms with Crippen LogP contribution in [0.5, 0.6) is 0 Å². The highest BCUT2D eigenvalue weighted by atomic mass is 15.1. The number of hydrogen-bond donors (Lipinski definition) is 2. The van der Waals surface area contributed by atoms with Crippen molar-refractivity contribution < 1.29 is 0 Å². The number of rotatable bonds is 3. The Labute approximate surface area is 85.3 Å². The van der Waals surface area contributed by atoms with Gasteiger partial charge in [0.1, 0.15) is 0 Å². The van der Waals surface area contributed by atoms with Crippen LogP contribution in [-0.4, -0.2) is 30.0 Å². The Morgan fingerprint density at radius 3 is 2.64 bits per heavy atom. The van der Waals surface area contributed by atoms with Gasteiger partial charge in [0.05, 0.1) is 6.04 Å². The highest BCUT2D eigenvalue weighted by Gasteiger charge is 2.35. The molecule has 2 rings (SSSR count). The van der Waals surface area contributed by atoms with Gasteiger partial charge in [-0.1, -0.05) is 0 Å². The van der Waals surface area contributed by atoms with E-state index in [1.165, 1.54) is 5.69 Å². The third-order valence-electron chi connectivity index (χ3n) is 3.15. The second kappa shape index (κ2) is 3.75. The molecule has 1 aliphatic carbocycles. The molecule has 1 aliphatic rings. The van der Waals surface area contributed by atoms with E-state index >= 15 is 0 Å². The van der Waals surface area contributed by atoms with Crippen molar-refractivity contribution in [1.82, 2.24) is 9.88 Å². The summed E-state index contributed by atoms with van der Waals surface area (Å²) in [5.74, 6) is 0.721. The molecule has 0 spiro atoms. The lowest BCUT2D eigenvalue weighted by atomic mass is 9.74. The van der Waals surface area contributed by atoms with Crippen LogP contribution in [0.3, 0.4) is 0 Å². The van der Waals surface area contributed by atoms with Gasteiger partial charge in [-0.05, 0) is 45.0 Å². The summed E-state index contributed by atoms with van der Waals surface area (Å²) in [6, 6.07) is 5.15. The van der Waals surface area contributed by atoms with Crippen molar-refractivity contribution in [2.75, 3.05) is 14.1 Å². The zero-order valence-corrected chi connectivity index (χ0v) is 8.90. The zero-order chi connectivity index (χ0) is 10.1. The molecule has 3 nitrogen and oxygen atoms in total. The molecule has 0 amide bonds. The van der Waals surface area contributed by atoms with Crippen molar-refractivity contribution in [1.29, 1.82) is 0 Å². The first-order valence-corrected chi connectivity index (χ1v) is 5.23. The van der Waals surface area contributed by atoms with Gasteiger partial charge in [-0.2, -0.15) is 0 Å². The van der Waals surface area contributed by atoms with Crippen molar-refractivity contribution in [3.63, 3.8) is 0 Å². The molecule has 78 valence electrons. The lowest BCUT2D eigenvalue weighted by Gasteiger charge is -2.41. The molecule has 3 heteroatoms. The van der Waals surface area contributed by atoms with Gasteiger partial charge in [-0.3, -0.25) is 0 Å². The van der Waals surface area contributed by atoms with Gasteiger partial charge in [0, 0.05) is 17.9 Å². The van der Waals surface area contributed by atoms with E-state index in [4.69, 9.17) is 5.73 Å². The number of hydrogen-bond acceptors (Lipinski definition) is 2. The molecule has 1 heterocycles. The van der Waals surface area contributed by atoms with Gasteiger partial charge < -0.3 is 15.6 Å². The maximum atomic E-state index is 5.83. The predicted molar refractivity (Wildman–Crippen MR) is 57.9 cm³/mol. The van der Waals surface area contributed by atoms with E-state index in [2.05, 4.69) is 36.1 Å². The minimum Gasteiger partial charge on any atom is -0.364 e. The number of nitrogens with zero attached hydrogens (tertiary/aromatic N) is 1. The third kappa shape index (κ3) is 1.70. The van der Waals surface area contributed by atoms with Crippen molar-refractivity contribution in [3.05, 3.63) is 24.0 Å². The maximum Gasteiger partial charge on any atom is 0.0522 e. The van der Waals surface area contributed by atoms with E-state index in [0.717, 1.165) is 18.8 Å². The first-order valence-electron chi connectivity index (χ1n) is 5.23. The summed E-state index contributed by atoms with van der Waals surface area (Å²) in [5, 5.41) is 0. The fourth-order valence-corrected chi connectivity index (χ4v) is 2.45. The van der Waals surface area contributed by atoms with Gasteiger partial charge in [-0.15, -0.1) is 0 Å². The Kier molecular flexibility index (Phi) is 2.61. The number of nitrogens with one attached hydrogen (secondary N) is 1. The SMILES string of the molecule is CN(C)C(c1ccc[nH]1)C1CC(N)C1. The van der Waals surface area contributed by atoms with Crippen LogP contribution in [0, 0.1) is 5.92 Å². The van der Waals surface area contributed by atoms with Crippen LogP contribution < -0.4 is 5.73 Å². The minimum atomic E-state index is 0.428.